The van der Waals surface area contributed by atoms with Crippen LogP contribution in [0.3, 0.4) is 0 Å². The summed E-state index contributed by atoms with van der Waals surface area (Å²) in [6.07, 6.45) is 0.815. The zero-order chi connectivity index (χ0) is 25.0. The summed E-state index contributed by atoms with van der Waals surface area (Å²) < 4.78 is 24.7. The first-order chi connectivity index (χ1) is 17.0. The van der Waals surface area contributed by atoms with E-state index in [-0.39, 0.29) is 5.56 Å². The van der Waals surface area contributed by atoms with E-state index in [2.05, 4.69) is 17.0 Å². The van der Waals surface area contributed by atoms with Gasteiger partial charge < -0.3 is 14.6 Å². The minimum atomic E-state index is -0.987. The van der Waals surface area contributed by atoms with Crippen molar-refractivity contribution in [1.82, 2.24) is 0 Å². The molecule has 3 aromatic rings. The largest absolute Gasteiger partial charge is 0.494 e. The van der Waals surface area contributed by atoms with E-state index in [1.165, 1.54) is 13.2 Å². The Kier molecular flexibility index (Phi) is 9.52. The molecule has 0 spiro atoms. The number of hydrogen-bond acceptors (Lipinski definition) is 5. The summed E-state index contributed by atoms with van der Waals surface area (Å²) in [5, 5.41) is 12.2. The number of aliphatic carboxylic acids is 1. The lowest BCUT2D eigenvalue weighted by Crippen LogP contribution is -2.24. The van der Waals surface area contributed by atoms with Gasteiger partial charge in [0.25, 0.3) is 0 Å². The van der Waals surface area contributed by atoms with Crippen LogP contribution in [-0.2, 0) is 16.0 Å². The minimum absolute atomic E-state index is 0.240. The third kappa shape index (κ3) is 7.49. The number of unbranched alkanes of at least 4 members (excludes halogenated alkanes) is 1. The lowest BCUT2D eigenvalue weighted by atomic mass is 9.99. The summed E-state index contributed by atoms with van der Waals surface area (Å²) in [6, 6.07) is 19.5. The van der Waals surface area contributed by atoms with Gasteiger partial charge in [0, 0.05) is 31.1 Å². The Morgan fingerprint density at radius 1 is 1.06 bits per heavy atom. The van der Waals surface area contributed by atoms with Crippen LogP contribution in [-0.4, -0.2) is 30.9 Å². The highest BCUT2D eigenvalue weighted by Crippen LogP contribution is 2.29. The Balaban J connectivity index is 1.44. The van der Waals surface area contributed by atoms with Crippen LogP contribution in [0.15, 0.2) is 78.0 Å². The van der Waals surface area contributed by atoms with Crippen LogP contribution in [0.5, 0.6) is 5.75 Å². The molecule has 0 aliphatic carbocycles. The molecular weight excluding hydrogens is 449 g/mol. The number of hydrogen-bond donors (Lipinski definition) is 1. The van der Waals surface area contributed by atoms with Crippen LogP contribution >= 0.6 is 0 Å². The minimum Gasteiger partial charge on any atom is -0.494 e. The average molecular weight is 476 g/mol. The smallest absolute Gasteiger partial charge is 0.333 e. The van der Waals surface area contributed by atoms with Gasteiger partial charge in [-0.2, -0.15) is 0 Å². The van der Waals surface area contributed by atoms with Crippen molar-refractivity contribution in [3.05, 3.63) is 106 Å². The number of ether oxygens (including phenoxy) is 2. The summed E-state index contributed by atoms with van der Waals surface area (Å²) in [6.45, 7) is 0.475. The number of carboxylic acid groups (broad SMARTS) is 1. The van der Waals surface area contributed by atoms with Crippen molar-refractivity contribution in [3.8, 4) is 17.6 Å². The molecule has 0 amide bonds. The maximum absolute atomic E-state index is 14.0. The van der Waals surface area contributed by atoms with Gasteiger partial charge in [0.2, 0.25) is 0 Å². The van der Waals surface area contributed by atoms with Crippen LogP contribution < -0.4 is 4.74 Å². The predicted octanol–water partition coefficient (Wildman–Crippen LogP) is 5.53. The van der Waals surface area contributed by atoms with Crippen molar-refractivity contribution >= 4 is 5.97 Å². The Labute approximate surface area is 203 Å². The van der Waals surface area contributed by atoms with Gasteiger partial charge in [-0.25, -0.2) is 9.18 Å². The Bertz CT molecular complexity index is 1180. The molecule has 2 atom stereocenters. The second-order valence-corrected chi connectivity index (χ2v) is 7.82. The topological polar surface area (TPSA) is 85.2 Å². The fourth-order valence-electron chi connectivity index (χ4n) is 3.47. The molecule has 35 heavy (non-hydrogen) atoms. The number of halogens is 1. The fourth-order valence-corrected chi connectivity index (χ4v) is 3.47. The molecule has 0 bridgehead atoms. The van der Waals surface area contributed by atoms with Gasteiger partial charge in [0.15, 0.2) is 6.10 Å². The Morgan fingerprint density at radius 3 is 2.40 bits per heavy atom. The zero-order valence-corrected chi connectivity index (χ0v) is 19.3. The molecule has 0 saturated carbocycles. The molecule has 0 aliphatic heterocycles. The van der Waals surface area contributed by atoms with Crippen molar-refractivity contribution in [1.29, 1.82) is 0 Å². The highest BCUT2D eigenvalue weighted by atomic mass is 19.1. The van der Waals surface area contributed by atoms with E-state index in [1.54, 1.807) is 42.5 Å². The second kappa shape index (κ2) is 13.0. The van der Waals surface area contributed by atoms with E-state index in [0.29, 0.717) is 30.8 Å². The predicted molar refractivity (Wildman–Crippen MR) is 131 cm³/mol. The van der Waals surface area contributed by atoms with Gasteiger partial charge in [-0.05, 0) is 47.9 Å². The van der Waals surface area contributed by atoms with Crippen LogP contribution in [0.2, 0.25) is 0 Å². The van der Waals surface area contributed by atoms with Crippen LogP contribution in [0.1, 0.15) is 41.1 Å². The highest BCUT2D eigenvalue weighted by molar-refractivity contribution is 5.72. The molecule has 0 aromatic heterocycles. The van der Waals surface area contributed by atoms with Crippen molar-refractivity contribution in [3.63, 3.8) is 0 Å². The monoisotopic (exact) mass is 475 g/mol. The van der Waals surface area contributed by atoms with Crippen LogP contribution in [0.4, 0.5) is 4.39 Å². The third-order valence-corrected chi connectivity index (χ3v) is 5.38. The van der Waals surface area contributed by atoms with Gasteiger partial charge in [0.05, 0.1) is 6.61 Å². The second-order valence-electron chi connectivity index (χ2n) is 7.82. The lowest BCUT2D eigenvalue weighted by molar-refractivity contribution is -0.148. The molecule has 1 N–H and O–H groups in total. The molecule has 180 valence electrons. The summed E-state index contributed by atoms with van der Waals surface area (Å²) in [5.74, 6) is 5.38. The van der Waals surface area contributed by atoms with E-state index in [4.69, 9.17) is 14.6 Å². The number of nitrogens with zero attached hydrogens (tertiary/aromatic N) is 1. The number of carbonyl (C=O) groups is 1. The number of carboxylic acids is 1. The first-order valence-corrected chi connectivity index (χ1v) is 11.1. The quantitative estimate of drug-likeness (QED) is 0.224. The van der Waals surface area contributed by atoms with Gasteiger partial charge in [-0.3, -0.25) is 0 Å². The number of nitroso groups, excluding NO2 is 1. The fraction of sp³-hybridized carbons (Fsp3) is 0.250. The van der Waals surface area contributed by atoms with Gasteiger partial charge in [0.1, 0.15) is 17.6 Å². The van der Waals surface area contributed by atoms with E-state index < -0.39 is 23.9 Å². The van der Waals surface area contributed by atoms with E-state index >= 15 is 0 Å². The van der Waals surface area contributed by atoms with Crippen molar-refractivity contribution in [2.45, 2.75) is 31.4 Å². The summed E-state index contributed by atoms with van der Waals surface area (Å²) in [7, 11) is 1.38. The summed E-state index contributed by atoms with van der Waals surface area (Å²) in [4.78, 5) is 22.4. The summed E-state index contributed by atoms with van der Waals surface area (Å²) >= 11 is 0. The van der Waals surface area contributed by atoms with E-state index in [0.717, 1.165) is 17.5 Å². The van der Waals surface area contributed by atoms with Gasteiger partial charge >= 0.3 is 5.97 Å². The van der Waals surface area contributed by atoms with E-state index in [1.807, 2.05) is 24.3 Å². The summed E-state index contributed by atoms with van der Waals surface area (Å²) in [5.41, 5.74) is 2.55. The SMILES string of the molecule is CO[C@@H](Cc1ccc(C#CCCCOc2ccc(C(N=O)c3ccccc3F)cc2)cc1)C(=O)O. The molecule has 1 unspecified atom stereocenters. The van der Waals surface area contributed by atoms with Gasteiger partial charge in [-0.1, -0.05) is 59.5 Å². The highest BCUT2D eigenvalue weighted by Gasteiger charge is 2.18. The molecule has 0 fully saturated rings. The number of rotatable bonds is 11. The van der Waals surface area contributed by atoms with Crippen molar-refractivity contribution < 1.29 is 23.8 Å². The molecule has 7 heteroatoms. The van der Waals surface area contributed by atoms with Crippen molar-refractivity contribution in [2.75, 3.05) is 13.7 Å². The number of methoxy groups -OCH3 is 1. The maximum atomic E-state index is 14.0. The molecular formula is C28H26FNO5. The van der Waals surface area contributed by atoms with Gasteiger partial charge in [-0.15, -0.1) is 4.91 Å². The third-order valence-electron chi connectivity index (χ3n) is 5.38. The van der Waals surface area contributed by atoms with E-state index in [9.17, 15) is 14.1 Å². The number of benzene rings is 3. The van der Waals surface area contributed by atoms with Crippen LogP contribution in [0.25, 0.3) is 0 Å². The Hall–Kier alpha value is -4.02. The normalized spacial score (nSPS) is 12.2. The molecule has 6 nitrogen and oxygen atoms in total. The molecule has 3 aromatic carbocycles. The zero-order valence-electron chi connectivity index (χ0n) is 19.3. The molecule has 0 saturated heterocycles. The first kappa shape index (κ1) is 25.6. The standard InChI is InChI=1S/C28H26FNO5/c1-34-26(28(31)32)19-21-12-10-20(11-13-21)7-3-2-6-18-35-23-16-14-22(15-17-23)27(30-33)24-8-4-5-9-25(24)29/h4-5,8-17,26-27H,2,6,18-19H2,1H3,(H,31,32)/t26-,27?/m0/s1. The first-order valence-electron chi connectivity index (χ1n) is 11.1. The average Bonchev–Trinajstić information content (AvgIpc) is 2.87. The molecule has 0 aliphatic rings. The lowest BCUT2D eigenvalue weighted by Gasteiger charge is -2.12. The molecule has 0 heterocycles. The van der Waals surface area contributed by atoms with Crippen LogP contribution in [0, 0.1) is 22.6 Å². The molecule has 0 radical (unpaired) electrons. The molecule has 3 rings (SSSR count). The van der Waals surface area contributed by atoms with Crippen molar-refractivity contribution in [2.24, 2.45) is 5.18 Å². The Morgan fingerprint density at radius 2 is 1.77 bits per heavy atom. The maximum Gasteiger partial charge on any atom is 0.333 e.